The van der Waals surface area contributed by atoms with Crippen LogP contribution in [0.15, 0.2) is 17.5 Å². The maximum atomic E-state index is 12.5. The van der Waals surface area contributed by atoms with Crippen LogP contribution in [0.25, 0.3) is 0 Å². The molecule has 0 aliphatic carbocycles. The lowest BCUT2D eigenvalue weighted by Gasteiger charge is -2.39. The Morgan fingerprint density at radius 2 is 2.39 bits per heavy atom. The molecular weight excluding hydrogens is 246 g/mol. The summed E-state index contributed by atoms with van der Waals surface area (Å²) in [6, 6.07) is 4.33. The van der Waals surface area contributed by atoms with Crippen LogP contribution in [0.3, 0.4) is 0 Å². The Morgan fingerprint density at radius 1 is 1.61 bits per heavy atom. The number of likely N-dealkylation sites (N-methyl/N-ethyl adjacent to an activating group) is 1. The van der Waals surface area contributed by atoms with Crippen molar-refractivity contribution in [3.05, 3.63) is 22.4 Å². The van der Waals surface area contributed by atoms with Crippen LogP contribution in [0, 0.1) is 0 Å². The third-order valence-corrected chi connectivity index (χ3v) is 4.30. The normalized spacial score (nSPS) is 22.7. The average molecular weight is 267 g/mol. The number of amides is 1. The Hall–Kier alpha value is -0.910. The molecule has 0 radical (unpaired) electrons. The summed E-state index contributed by atoms with van der Waals surface area (Å²) in [6.45, 7) is 4.99. The summed E-state index contributed by atoms with van der Waals surface area (Å²) in [5.41, 5.74) is 0. The van der Waals surface area contributed by atoms with Gasteiger partial charge in [0.05, 0.1) is 0 Å². The average Bonchev–Trinajstić information content (AvgIpc) is 2.85. The number of carbonyl (C=O) groups excluding carboxylic acids is 1. The highest BCUT2D eigenvalue weighted by Gasteiger charge is 2.33. The highest BCUT2D eigenvalue weighted by molar-refractivity contribution is 7.10. The minimum Gasteiger partial charge on any atom is -0.347 e. The number of thiophene rings is 1. The van der Waals surface area contributed by atoms with E-state index in [1.54, 1.807) is 16.2 Å². The summed E-state index contributed by atoms with van der Waals surface area (Å²) in [5, 5.41) is 5.41. The standard InChI is InChI=1S/C13H21N3OS/c1-10-9-14-6-7-16(10)12(13(17)15(2)3)11-5-4-8-18-11/h4-5,8,10,12,14H,6-7,9H2,1-3H3. The Balaban J connectivity index is 2.27. The fraction of sp³-hybridized carbons (Fsp3) is 0.615. The first-order valence-corrected chi connectivity index (χ1v) is 7.20. The lowest BCUT2D eigenvalue weighted by atomic mass is 10.1. The molecule has 0 aromatic carbocycles. The van der Waals surface area contributed by atoms with Crippen LogP contribution in [0.1, 0.15) is 17.8 Å². The van der Waals surface area contributed by atoms with E-state index in [1.807, 2.05) is 25.5 Å². The molecule has 100 valence electrons. The molecule has 1 aliphatic rings. The van der Waals surface area contributed by atoms with Gasteiger partial charge in [0.1, 0.15) is 6.04 Å². The van der Waals surface area contributed by atoms with Crippen LogP contribution in [-0.4, -0.2) is 55.5 Å². The van der Waals surface area contributed by atoms with Crippen LogP contribution >= 0.6 is 11.3 Å². The number of nitrogens with zero attached hydrogens (tertiary/aromatic N) is 2. The first kappa shape index (κ1) is 13.5. The molecule has 2 atom stereocenters. The minimum atomic E-state index is -0.128. The molecular formula is C13H21N3OS. The second kappa shape index (κ2) is 5.82. The molecule has 0 spiro atoms. The van der Waals surface area contributed by atoms with E-state index >= 15 is 0 Å². The maximum Gasteiger partial charge on any atom is 0.244 e. The highest BCUT2D eigenvalue weighted by atomic mass is 32.1. The van der Waals surface area contributed by atoms with Gasteiger partial charge in [-0.2, -0.15) is 0 Å². The highest BCUT2D eigenvalue weighted by Crippen LogP contribution is 2.28. The van der Waals surface area contributed by atoms with Crippen molar-refractivity contribution >= 4 is 17.2 Å². The van der Waals surface area contributed by atoms with Crippen molar-refractivity contribution in [2.45, 2.75) is 19.0 Å². The molecule has 0 saturated carbocycles. The second-order valence-corrected chi connectivity index (χ2v) is 5.92. The molecule has 1 aromatic heterocycles. The van der Waals surface area contributed by atoms with E-state index < -0.39 is 0 Å². The summed E-state index contributed by atoms with van der Waals surface area (Å²) >= 11 is 1.66. The van der Waals surface area contributed by atoms with Crippen molar-refractivity contribution in [3.63, 3.8) is 0 Å². The van der Waals surface area contributed by atoms with Gasteiger partial charge >= 0.3 is 0 Å². The van der Waals surface area contributed by atoms with E-state index in [0.717, 1.165) is 24.5 Å². The first-order valence-electron chi connectivity index (χ1n) is 6.32. The molecule has 1 aromatic rings. The van der Waals surface area contributed by atoms with Crippen molar-refractivity contribution in [2.24, 2.45) is 0 Å². The quantitative estimate of drug-likeness (QED) is 0.893. The van der Waals surface area contributed by atoms with E-state index in [0.29, 0.717) is 6.04 Å². The van der Waals surface area contributed by atoms with Crippen LogP contribution < -0.4 is 5.32 Å². The van der Waals surface area contributed by atoms with E-state index in [1.165, 1.54) is 0 Å². The lowest BCUT2D eigenvalue weighted by molar-refractivity contribution is -0.135. The predicted octanol–water partition coefficient (Wildman–Crippen LogP) is 1.17. The van der Waals surface area contributed by atoms with Gasteiger partial charge < -0.3 is 10.2 Å². The Bertz CT molecular complexity index is 391. The predicted molar refractivity (Wildman–Crippen MR) is 74.8 cm³/mol. The molecule has 2 unspecified atom stereocenters. The molecule has 0 bridgehead atoms. The van der Waals surface area contributed by atoms with Crippen molar-refractivity contribution in [1.29, 1.82) is 0 Å². The van der Waals surface area contributed by atoms with Gasteiger partial charge in [-0.15, -0.1) is 11.3 Å². The summed E-state index contributed by atoms with van der Waals surface area (Å²) in [4.78, 5) is 17.6. The van der Waals surface area contributed by atoms with Gasteiger partial charge in [-0.05, 0) is 18.4 Å². The van der Waals surface area contributed by atoms with E-state index in [4.69, 9.17) is 0 Å². The fourth-order valence-corrected chi connectivity index (χ4v) is 3.20. The van der Waals surface area contributed by atoms with Gasteiger partial charge in [-0.3, -0.25) is 9.69 Å². The zero-order chi connectivity index (χ0) is 13.1. The Labute approximate surface area is 113 Å². The zero-order valence-corrected chi connectivity index (χ0v) is 12.0. The molecule has 4 nitrogen and oxygen atoms in total. The Morgan fingerprint density at radius 3 is 2.94 bits per heavy atom. The summed E-state index contributed by atoms with van der Waals surface area (Å²) in [6.07, 6.45) is 0. The largest absolute Gasteiger partial charge is 0.347 e. The molecule has 1 amide bonds. The van der Waals surface area contributed by atoms with Crippen molar-refractivity contribution < 1.29 is 4.79 Å². The number of carbonyl (C=O) groups is 1. The van der Waals surface area contributed by atoms with E-state index in [-0.39, 0.29) is 11.9 Å². The van der Waals surface area contributed by atoms with Gasteiger partial charge in [-0.25, -0.2) is 0 Å². The molecule has 1 saturated heterocycles. The summed E-state index contributed by atoms with van der Waals surface area (Å²) in [7, 11) is 3.66. The molecule has 1 N–H and O–H groups in total. The number of nitrogens with one attached hydrogen (secondary N) is 1. The number of hydrogen-bond donors (Lipinski definition) is 1. The number of rotatable bonds is 3. The van der Waals surface area contributed by atoms with Gasteiger partial charge in [0, 0.05) is 44.6 Å². The number of hydrogen-bond acceptors (Lipinski definition) is 4. The summed E-state index contributed by atoms with van der Waals surface area (Å²) in [5.74, 6) is 0.172. The van der Waals surface area contributed by atoms with Gasteiger partial charge in [-0.1, -0.05) is 6.07 Å². The number of piperazine rings is 1. The zero-order valence-electron chi connectivity index (χ0n) is 11.2. The van der Waals surface area contributed by atoms with Crippen LogP contribution in [0.2, 0.25) is 0 Å². The fourth-order valence-electron chi connectivity index (χ4n) is 2.36. The van der Waals surface area contributed by atoms with Crippen molar-refractivity contribution in [1.82, 2.24) is 15.1 Å². The van der Waals surface area contributed by atoms with E-state index in [2.05, 4.69) is 23.2 Å². The van der Waals surface area contributed by atoms with Crippen LogP contribution in [0.5, 0.6) is 0 Å². The first-order chi connectivity index (χ1) is 8.61. The molecule has 18 heavy (non-hydrogen) atoms. The molecule has 2 rings (SSSR count). The lowest BCUT2D eigenvalue weighted by Crippen LogP contribution is -2.53. The Kier molecular flexibility index (Phi) is 4.37. The maximum absolute atomic E-state index is 12.5. The van der Waals surface area contributed by atoms with Crippen LogP contribution in [-0.2, 0) is 4.79 Å². The minimum absolute atomic E-state index is 0.128. The monoisotopic (exact) mass is 267 g/mol. The molecule has 1 fully saturated rings. The molecule has 1 aliphatic heterocycles. The second-order valence-electron chi connectivity index (χ2n) is 4.94. The van der Waals surface area contributed by atoms with Gasteiger partial charge in [0.25, 0.3) is 0 Å². The van der Waals surface area contributed by atoms with Gasteiger partial charge in [0.15, 0.2) is 0 Å². The summed E-state index contributed by atoms with van der Waals surface area (Å²) < 4.78 is 0. The van der Waals surface area contributed by atoms with Crippen molar-refractivity contribution in [2.75, 3.05) is 33.7 Å². The van der Waals surface area contributed by atoms with Crippen LogP contribution in [0.4, 0.5) is 0 Å². The third-order valence-electron chi connectivity index (χ3n) is 3.37. The van der Waals surface area contributed by atoms with Crippen molar-refractivity contribution in [3.8, 4) is 0 Å². The third kappa shape index (κ3) is 2.74. The molecule has 5 heteroatoms. The van der Waals surface area contributed by atoms with E-state index in [9.17, 15) is 4.79 Å². The smallest absolute Gasteiger partial charge is 0.244 e. The van der Waals surface area contributed by atoms with Gasteiger partial charge in [0.2, 0.25) is 5.91 Å². The molecule has 2 heterocycles. The SMILES string of the molecule is CC1CNCCN1C(C(=O)N(C)C)c1cccs1. The topological polar surface area (TPSA) is 35.6 Å².